The zero-order chi connectivity index (χ0) is 16.6. The fourth-order valence-corrected chi connectivity index (χ4v) is 5.02. The topological polar surface area (TPSA) is 57.7 Å². The van der Waals surface area contributed by atoms with E-state index < -0.39 is 10.0 Å². The third-order valence-electron chi connectivity index (χ3n) is 4.42. The Morgan fingerprint density at radius 3 is 2.61 bits per heavy atom. The van der Waals surface area contributed by atoms with Crippen LogP contribution >= 0.6 is 23.2 Å². The third kappa shape index (κ3) is 3.50. The van der Waals surface area contributed by atoms with Gasteiger partial charge in [-0.25, -0.2) is 8.42 Å². The van der Waals surface area contributed by atoms with Crippen LogP contribution in [-0.4, -0.2) is 48.9 Å². The van der Waals surface area contributed by atoms with E-state index in [1.807, 2.05) is 6.07 Å². The molecule has 2 heterocycles. The minimum Gasteiger partial charge on any atom is -0.335 e. The number of carbonyl (C=O) groups is 1. The molecule has 2 saturated heterocycles. The zero-order valence-electron chi connectivity index (χ0n) is 12.5. The van der Waals surface area contributed by atoms with E-state index in [-0.39, 0.29) is 24.2 Å². The lowest BCUT2D eigenvalue weighted by atomic mass is 10.0. The molecule has 23 heavy (non-hydrogen) atoms. The van der Waals surface area contributed by atoms with Crippen LogP contribution in [0, 0.1) is 0 Å². The summed E-state index contributed by atoms with van der Waals surface area (Å²) in [4.78, 5) is 14.3. The van der Waals surface area contributed by atoms with Gasteiger partial charge in [0.15, 0.2) is 0 Å². The Balaban J connectivity index is 1.76. The molecule has 1 atom stereocenters. The van der Waals surface area contributed by atoms with Crippen molar-refractivity contribution >= 4 is 39.1 Å². The molecule has 1 aromatic rings. The van der Waals surface area contributed by atoms with E-state index in [2.05, 4.69) is 0 Å². The minimum atomic E-state index is -3.26. The van der Waals surface area contributed by atoms with Crippen molar-refractivity contribution in [3.05, 3.63) is 33.8 Å². The Morgan fingerprint density at radius 1 is 1.17 bits per heavy atom. The smallest absolute Gasteiger partial charge is 0.238 e. The second-order valence-electron chi connectivity index (χ2n) is 5.92. The predicted octanol–water partition coefficient (Wildman–Crippen LogP) is 2.69. The highest BCUT2D eigenvalue weighted by Crippen LogP contribution is 2.35. The monoisotopic (exact) mass is 376 g/mol. The maximum atomic E-state index is 12.6. The summed E-state index contributed by atoms with van der Waals surface area (Å²) in [6, 6.07) is 5.32. The maximum Gasteiger partial charge on any atom is 0.238 e. The molecule has 0 aromatic heterocycles. The van der Waals surface area contributed by atoms with Gasteiger partial charge < -0.3 is 4.90 Å². The maximum absolute atomic E-state index is 12.6. The number of benzene rings is 1. The average Bonchev–Trinajstić information content (AvgIpc) is 3.09. The molecule has 0 bridgehead atoms. The number of nitrogens with zero attached hydrogens (tertiary/aromatic N) is 2. The Hall–Kier alpha value is -0.820. The summed E-state index contributed by atoms with van der Waals surface area (Å²) in [6.07, 6.45) is 2.33. The lowest BCUT2D eigenvalue weighted by Crippen LogP contribution is -2.40. The highest BCUT2D eigenvalue weighted by atomic mass is 35.5. The van der Waals surface area contributed by atoms with Crippen molar-refractivity contribution in [3.8, 4) is 0 Å². The van der Waals surface area contributed by atoms with E-state index in [1.165, 1.54) is 4.31 Å². The number of hydrogen-bond acceptors (Lipinski definition) is 3. The Labute approximate surface area is 146 Å². The van der Waals surface area contributed by atoms with E-state index in [9.17, 15) is 13.2 Å². The summed E-state index contributed by atoms with van der Waals surface area (Å²) >= 11 is 12.0. The molecule has 1 amide bonds. The standard InChI is InChI=1S/C15H18Cl2N2O3S/c16-12-5-4-11(9-13(12)17)14-3-1-7-19(14)15(20)10-18-6-2-8-23(18,21)22/h4-5,9,14H,1-3,6-8,10H2. The van der Waals surface area contributed by atoms with Gasteiger partial charge in [-0.2, -0.15) is 4.31 Å². The predicted molar refractivity (Wildman–Crippen MR) is 90.1 cm³/mol. The van der Waals surface area contributed by atoms with Crippen LogP contribution in [0.2, 0.25) is 10.0 Å². The molecule has 8 heteroatoms. The Bertz CT molecular complexity index is 723. The first kappa shape index (κ1) is 17.0. The molecule has 0 saturated carbocycles. The number of rotatable bonds is 3. The van der Waals surface area contributed by atoms with Gasteiger partial charge in [0, 0.05) is 13.1 Å². The Kier molecular flexibility index (Phi) is 4.88. The van der Waals surface area contributed by atoms with Gasteiger partial charge in [0.1, 0.15) is 0 Å². The molecular weight excluding hydrogens is 359 g/mol. The summed E-state index contributed by atoms with van der Waals surface area (Å²) in [7, 11) is -3.26. The zero-order valence-corrected chi connectivity index (χ0v) is 14.9. The van der Waals surface area contributed by atoms with Gasteiger partial charge >= 0.3 is 0 Å². The van der Waals surface area contributed by atoms with E-state index in [1.54, 1.807) is 17.0 Å². The van der Waals surface area contributed by atoms with Crippen molar-refractivity contribution < 1.29 is 13.2 Å². The van der Waals surface area contributed by atoms with Crippen LogP contribution in [0.15, 0.2) is 18.2 Å². The average molecular weight is 377 g/mol. The van der Waals surface area contributed by atoms with E-state index in [0.29, 0.717) is 29.6 Å². The van der Waals surface area contributed by atoms with Crippen molar-refractivity contribution in [2.45, 2.75) is 25.3 Å². The summed E-state index contributed by atoms with van der Waals surface area (Å²) in [5, 5.41) is 0.944. The number of amides is 1. The SMILES string of the molecule is O=C(CN1CCCS1(=O)=O)N1CCCC1c1ccc(Cl)c(Cl)c1. The first-order valence-corrected chi connectivity index (χ1v) is 9.97. The largest absolute Gasteiger partial charge is 0.335 e. The van der Waals surface area contributed by atoms with Gasteiger partial charge in [0.05, 0.1) is 28.4 Å². The van der Waals surface area contributed by atoms with Crippen LogP contribution < -0.4 is 0 Å². The van der Waals surface area contributed by atoms with E-state index in [4.69, 9.17) is 23.2 Å². The van der Waals surface area contributed by atoms with Crippen molar-refractivity contribution in [2.75, 3.05) is 25.4 Å². The number of sulfonamides is 1. The van der Waals surface area contributed by atoms with Crippen LogP contribution in [0.5, 0.6) is 0 Å². The molecular formula is C15H18Cl2N2O3S. The second kappa shape index (κ2) is 6.59. The number of halogens is 2. The van der Waals surface area contributed by atoms with Crippen LogP contribution in [0.25, 0.3) is 0 Å². The molecule has 126 valence electrons. The van der Waals surface area contributed by atoms with Gasteiger partial charge in [-0.1, -0.05) is 29.3 Å². The molecule has 5 nitrogen and oxygen atoms in total. The fourth-order valence-electron chi connectivity index (χ4n) is 3.24. The molecule has 0 N–H and O–H groups in total. The van der Waals surface area contributed by atoms with Crippen molar-refractivity contribution in [1.82, 2.24) is 9.21 Å². The summed E-state index contributed by atoms with van der Waals surface area (Å²) < 4.78 is 25.0. The first-order chi connectivity index (χ1) is 10.9. The van der Waals surface area contributed by atoms with Gasteiger partial charge in [-0.05, 0) is 37.0 Å². The van der Waals surface area contributed by atoms with Gasteiger partial charge in [-0.3, -0.25) is 4.79 Å². The first-order valence-electron chi connectivity index (χ1n) is 7.61. The van der Waals surface area contributed by atoms with Crippen LogP contribution in [-0.2, 0) is 14.8 Å². The summed E-state index contributed by atoms with van der Waals surface area (Å²) in [6.45, 7) is 0.997. The van der Waals surface area contributed by atoms with Crippen molar-refractivity contribution in [2.24, 2.45) is 0 Å². The molecule has 0 radical (unpaired) electrons. The summed E-state index contributed by atoms with van der Waals surface area (Å²) in [5.41, 5.74) is 0.939. The number of carbonyl (C=O) groups excluding carboxylic acids is 1. The van der Waals surface area contributed by atoms with Crippen molar-refractivity contribution in [3.63, 3.8) is 0 Å². The molecule has 2 fully saturated rings. The van der Waals surface area contributed by atoms with Crippen LogP contribution in [0.3, 0.4) is 0 Å². The molecule has 1 unspecified atom stereocenters. The molecule has 2 aliphatic heterocycles. The molecule has 0 aliphatic carbocycles. The van der Waals surface area contributed by atoms with Crippen LogP contribution in [0.1, 0.15) is 30.9 Å². The van der Waals surface area contributed by atoms with Crippen molar-refractivity contribution in [1.29, 1.82) is 0 Å². The third-order valence-corrected chi connectivity index (χ3v) is 7.06. The quantitative estimate of drug-likeness (QED) is 0.814. The van der Waals surface area contributed by atoms with Gasteiger partial charge in [-0.15, -0.1) is 0 Å². The van der Waals surface area contributed by atoms with E-state index in [0.717, 1.165) is 18.4 Å². The lowest BCUT2D eigenvalue weighted by molar-refractivity contribution is -0.132. The Morgan fingerprint density at radius 2 is 1.96 bits per heavy atom. The van der Waals surface area contributed by atoms with Gasteiger partial charge in [0.2, 0.25) is 15.9 Å². The number of likely N-dealkylation sites (tertiary alicyclic amines) is 1. The second-order valence-corrected chi connectivity index (χ2v) is 8.82. The molecule has 2 aliphatic rings. The van der Waals surface area contributed by atoms with E-state index >= 15 is 0 Å². The molecule has 3 rings (SSSR count). The molecule has 1 aromatic carbocycles. The highest BCUT2D eigenvalue weighted by Gasteiger charge is 2.35. The van der Waals surface area contributed by atoms with Crippen LogP contribution in [0.4, 0.5) is 0 Å². The van der Waals surface area contributed by atoms with Gasteiger partial charge in [0.25, 0.3) is 0 Å². The molecule has 0 spiro atoms. The fraction of sp³-hybridized carbons (Fsp3) is 0.533. The highest BCUT2D eigenvalue weighted by molar-refractivity contribution is 7.89. The normalized spacial score (nSPS) is 24.3. The summed E-state index contributed by atoms with van der Waals surface area (Å²) in [5.74, 6) is -0.0136. The number of hydrogen-bond donors (Lipinski definition) is 0. The lowest BCUT2D eigenvalue weighted by Gasteiger charge is -2.27. The minimum absolute atomic E-state index is 0.0671.